The van der Waals surface area contributed by atoms with E-state index in [1.54, 1.807) is 6.07 Å². The summed E-state index contributed by atoms with van der Waals surface area (Å²) in [5.41, 5.74) is 0.730. The second-order valence-corrected chi connectivity index (χ2v) is 8.76. The summed E-state index contributed by atoms with van der Waals surface area (Å²) in [4.78, 5) is 26.8. The van der Waals surface area contributed by atoms with Gasteiger partial charge in [0.1, 0.15) is 0 Å². The molecule has 1 saturated carbocycles. The van der Waals surface area contributed by atoms with Crippen molar-refractivity contribution in [1.29, 1.82) is 0 Å². The number of hydrogen-bond donors (Lipinski definition) is 1. The van der Waals surface area contributed by atoms with Crippen molar-refractivity contribution in [2.75, 3.05) is 26.3 Å². The van der Waals surface area contributed by atoms with Gasteiger partial charge in [0, 0.05) is 54.2 Å². The van der Waals surface area contributed by atoms with E-state index < -0.39 is 0 Å². The van der Waals surface area contributed by atoms with Crippen LogP contribution < -0.4 is 5.32 Å². The van der Waals surface area contributed by atoms with Gasteiger partial charge in [0.2, 0.25) is 11.8 Å². The highest BCUT2D eigenvalue weighted by Crippen LogP contribution is 2.39. The fourth-order valence-corrected chi connectivity index (χ4v) is 4.88. The van der Waals surface area contributed by atoms with Crippen LogP contribution in [0, 0.1) is 5.92 Å². The number of likely N-dealkylation sites (tertiary alicyclic amines) is 1. The number of hydrogen-bond acceptors (Lipinski definition) is 3. The molecule has 2 saturated heterocycles. The average molecular weight is 411 g/mol. The molecule has 0 aromatic heterocycles. The van der Waals surface area contributed by atoms with Crippen molar-refractivity contribution in [3.8, 4) is 0 Å². The maximum Gasteiger partial charge on any atom is 0.225 e. The minimum absolute atomic E-state index is 0.0394. The fourth-order valence-electron chi connectivity index (χ4n) is 4.27. The molecule has 146 valence electrons. The van der Waals surface area contributed by atoms with Gasteiger partial charge in [-0.05, 0) is 43.4 Å². The predicted octanol–water partition coefficient (Wildman–Crippen LogP) is 3.17. The normalized spacial score (nSPS) is 24.9. The lowest BCUT2D eigenvalue weighted by atomic mass is 9.74. The third kappa shape index (κ3) is 3.96. The van der Waals surface area contributed by atoms with E-state index in [0.717, 1.165) is 31.2 Å². The quantitative estimate of drug-likeness (QED) is 0.810. The number of rotatable bonds is 5. The van der Waals surface area contributed by atoms with Crippen LogP contribution in [0.25, 0.3) is 0 Å². The zero-order chi connectivity index (χ0) is 19.0. The predicted molar refractivity (Wildman–Crippen MR) is 104 cm³/mol. The first-order chi connectivity index (χ1) is 13.0. The zero-order valence-electron chi connectivity index (χ0n) is 15.2. The Morgan fingerprint density at radius 2 is 2.00 bits per heavy atom. The van der Waals surface area contributed by atoms with E-state index in [-0.39, 0.29) is 23.1 Å². The number of nitrogens with zero attached hydrogens (tertiary/aromatic N) is 1. The molecular weight excluding hydrogens is 387 g/mol. The molecule has 4 rings (SSSR count). The molecule has 1 N–H and O–H groups in total. The van der Waals surface area contributed by atoms with Gasteiger partial charge in [-0.25, -0.2) is 0 Å². The molecule has 7 heteroatoms. The zero-order valence-corrected chi connectivity index (χ0v) is 16.7. The molecule has 2 amide bonds. The number of benzene rings is 1. The maximum atomic E-state index is 12.8. The van der Waals surface area contributed by atoms with Crippen LogP contribution in [-0.4, -0.2) is 49.1 Å². The molecule has 5 nitrogen and oxygen atoms in total. The highest BCUT2D eigenvalue weighted by atomic mass is 35.5. The van der Waals surface area contributed by atoms with Crippen LogP contribution >= 0.6 is 23.2 Å². The van der Waals surface area contributed by atoms with Gasteiger partial charge in [0.25, 0.3) is 0 Å². The lowest BCUT2D eigenvalue weighted by Gasteiger charge is -2.38. The monoisotopic (exact) mass is 410 g/mol. The SMILES string of the molecule is O=C(NCC1(c2ccc(Cl)cc2Cl)CCOCC1)[C@@H]1CC(=O)N(C2CC2)C1. The number of nitrogens with one attached hydrogen (secondary N) is 1. The second kappa shape index (κ2) is 7.61. The molecule has 3 aliphatic rings. The molecule has 1 atom stereocenters. The molecule has 0 radical (unpaired) electrons. The first-order valence-electron chi connectivity index (χ1n) is 9.59. The Labute approximate surface area is 169 Å². The van der Waals surface area contributed by atoms with Gasteiger partial charge in [-0.3, -0.25) is 9.59 Å². The number of amides is 2. The van der Waals surface area contributed by atoms with E-state index in [2.05, 4.69) is 5.32 Å². The number of carbonyl (C=O) groups is 2. The Balaban J connectivity index is 1.46. The van der Waals surface area contributed by atoms with Crippen molar-refractivity contribution >= 4 is 35.0 Å². The topological polar surface area (TPSA) is 58.6 Å². The van der Waals surface area contributed by atoms with Gasteiger partial charge >= 0.3 is 0 Å². The number of halogens is 2. The lowest BCUT2D eigenvalue weighted by Crippen LogP contribution is -2.46. The Bertz CT molecular complexity index is 745. The van der Waals surface area contributed by atoms with E-state index in [1.807, 2.05) is 17.0 Å². The van der Waals surface area contributed by atoms with Crippen LogP contribution in [0.3, 0.4) is 0 Å². The molecule has 0 unspecified atom stereocenters. The van der Waals surface area contributed by atoms with E-state index >= 15 is 0 Å². The molecular formula is C20H24Cl2N2O3. The van der Waals surface area contributed by atoms with E-state index in [4.69, 9.17) is 27.9 Å². The van der Waals surface area contributed by atoms with Gasteiger partial charge in [-0.1, -0.05) is 29.3 Å². The van der Waals surface area contributed by atoms with E-state index in [0.29, 0.717) is 48.8 Å². The standard InChI is InChI=1S/C20H24Cl2N2O3/c21-14-1-4-16(17(22)10-14)20(5-7-27-8-6-20)12-23-19(26)13-9-18(25)24(11-13)15-2-3-15/h1,4,10,13,15H,2-3,5-9,11-12H2,(H,23,26)/t13-/m1/s1. The van der Waals surface area contributed by atoms with Crippen molar-refractivity contribution in [2.24, 2.45) is 5.92 Å². The molecule has 2 heterocycles. The van der Waals surface area contributed by atoms with E-state index in [9.17, 15) is 9.59 Å². The van der Waals surface area contributed by atoms with Crippen LogP contribution in [0.1, 0.15) is 37.7 Å². The Morgan fingerprint density at radius 3 is 2.67 bits per heavy atom. The van der Waals surface area contributed by atoms with Crippen molar-refractivity contribution in [3.63, 3.8) is 0 Å². The summed E-state index contributed by atoms with van der Waals surface area (Å²) in [5.74, 6) is -0.183. The summed E-state index contributed by atoms with van der Waals surface area (Å²) < 4.78 is 5.54. The summed E-state index contributed by atoms with van der Waals surface area (Å²) in [5, 5.41) is 4.33. The van der Waals surface area contributed by atoms with Crippen molar-refractivity contribution in [2.45, 2.75) is 43.6 Å². The largest absolute Gasteiger partial charge is 0.381 e. The fraction of sp³-hybridized carbons (Fsp3) is 0.600. The van der Waals surface area contributed by atoms with Crippen LogP contribution in [-0.2, 0) is 19.7 Å². The second-order valence-electron chi connectivity index (χ2n) is 7.91. The molecule has 1 aromatic carbocycles. The first-order valence-corrected chi connectivity index (χ1v) is 10.3. The van der Waals surface area contributed by atoms with Gasteiger partial charge < -0.3 is 15.0 Å². The smallest absolute Gasteiger partial charge is 0.225 e. The summed E-state index contributed by atoms with van der Waals surface area (Å²) in [6, 6.07) is 5.91. The summed E-state index contributed by atoms with van der Waals surface area (Å²) >= 11 is 12.5. The minimum atomic E-state index is -0.269. The molecule has 3 fully saturated rings. The van der Waals surface area contributed by atoms with Crippen LogP contribution in [0.4, 0.5) is 0 Å². The Morgan fingerprint density at radius 1 is 1.26 bits per heavy atom. The molecule has 2 aliphatic heterocycles. The van der Waals surface area contributed by atoms with Crippen LogP contribution in [0.2, 0.25) is 10.0 Å². The van der Waals surface area contributed by atoms with Crippen molar-refractivity contribution in [1.82, 2.24) is 10.2 Å². The molecule has 1 aromatic rings. The van der Waals surface area contributed by atoms with Crippen LogP contribution in [0.5, 0.6) is 0 Å². The van der Waals surface area contributed by atoms with Gasteiger partial charge in [-0.2, -0.15) is 0 Å². The third-order valence-corrected chi connectivity index (χ3v) is 6.62. The van der Waals surface area contributed by atoms with Gasteiger partial charge in [-0.15, -0.1) is 0 Å². The highest BCUT2D eigenvalue weighted by Gasteiger charge is 2.43. The summed E-state index contributed by atoms with van der Waals surface area (Å²) in [6.45, 7) is 2.30. The third-order valence-electron chi connectivity index (χ3n) is 6.07. The summed E-state index contributed by atoms with van der Waals surface area (Å²) in [7, 11) is 0. The van der Waals surface area contributed by atoms with Crippen molar-refractivity contribution < 1.29 is 14.3 Å². The van der Waals surface area contributed by atoms with Crippen LogP contribution in [0.15, 0.2) is 18.2 Å². The first kappa shape index (κ1) is 19.0. The molecule has 1 aliphatic carbocycles. The maximum absolute atomic E-state index is 12.8. The number of ether oxygens (including phenoxy) is 1. The minimum Gasteiger partial charge on any atom is -0.381 e. The number of carbonyl (C=O) groups excluding carboxylic acids is 2. The Kier molecular flexibility index (Phi) is 5.36. The van der Waals surface area contributed by atoms with E-state index in [1.165, 1.54) is 0 Å². The van der Waals surface area contributed by atoms with Gasteiger partial charge in [0.15, 0.2) is 0 Å². The lowest BCUT2D eigenvalue weighted by molar-refractivity contribution is -0.129. The van der Waals surface area contributed by atoms with Gasteiger partial charge in [0.05, 0.1) is 5.92 Å². The highest BCUT2D eigenvalue weighted by molar-refractivity contribution is 6.35. The molecule has 0 bridgehead atoms. The summed E-state index contributed by atoms with van der Waals surface area (Å²) in [6.07, 6.45) is 4.02. The molecule has 0 spiro atoms. The van der Waals surface area contributed by atoms with Crippen molar-refractivity contribution in [3.05, 3.63) is 33.8 Å². The average Bonchev–Trinajstić information content (AvgIpc) is 3.42. The molecule has 27 heavy (non-hydrogen) atoms. The Hall–Kier alpha value is -1.30.